The number of methoxy groups -OCH3 is 1. The highest BCUT2D eigenvalue weighted by Gasteiger charge is 2.08. The number of carbonyl (C=O) groups is 1. The molecule has 0 amide bonds. The van der Waals surface area contributed by atoms with E-state index in [1.165, 1.54) is 7.11 Å². The SMILES string of the molecule is COC(=O)c1ccccc1C/C=C/CO. The molecule has 0 spiro atoms. The third kappa shape index (κ3) is 3.22. The number of aliphatic hydroxyl groups is 1. The Balaban J connectivity index is 2.86. The largest absolute Gasteiger partial charge is 0.465 e. The molecule has 0 aliphatic rings. The standard InChI is InChI=1S/C12H14O3/c1-15-12(14)11-8-3-2-6-10(11)7-4-5-9-13/h2-6,8,13H,7,9H2,1H3/b5-4+. The minimum Gasteiger partial charge on any atom is -0.465 e. The predicted molar refractivity (Wildman–Crippen MR) is 57.7 cm³/mol. The van der Waals surface area contributed by atoms with Crippen LogP contribution < -0.4 is 0 Å². The van der Waals surface area contributed by atoms with Crippen LogP contribution in [0.15, 0.2) is 36.4 Å². The van der Waals surface area contributed by atoms with E-state index in [0.717, 1.165) is 5.56 Å². The lowest BCUT2D eigenvalue weighted by Crippen LogP contribution is -2.04. The van der Waals surface area contributed by atoms with Gasteiger partial charge >= 0.3 is 5.97 Å². The molecule has 0 fully saturated rings. The Hall–Kier alpha value is -1.61. The Bertz CT molecular complexity index is 356. The number of allylic oxidation sites excluding steroid dienone is 1. The van der Waals surface area contributed by atoms with Gasteiger partial charge in [0, 0.05) is 0 Å². The molecular weight excluding hydrogens is 192 g/mol. The zero-order valence-corrected chi connectivity index (χ0v) is 8.64. The van der Waals surface area contributed by atoms with Crippen molar-refractivity contribution in [1.82, 2.24) is 0 Å². The maximum atomic E-state index is 11.4. The third-order valence-corrected chi connectivity index (χ3v) is 2.03. The monoisotopic (exact) mass is 206 g/mol. The zero-order chi connectivity index (χ0) is 11.1. The van der Waals surface area contributed by atoms with Gasteiger partial charge in [0.15, 0.2) is 0 Å². The van der Waals surface area contributed by atoms with Crippen molar-refractivity contribution in [2.75, 3.05) is 13.7 Å². The molecule has 0 atom stereocenters. The van der Waals surface area contributed by atoms with Crippen LogP contribution in [-0.4, -0.2) is 24.8 Å². The van der Waals surface area contributed by atoms with Crippen LogP contribution in [0.1, 0.15) is 15.9 Å². The van der Waals surface area contributed by atoms with E-state index < -0.39 is 0 Å². The molecule has 1 rings (SSSR count). The molecule has 0 aliphatic carbocycles. The van der Waals surface area contributed by atoms with E-state index >= 15 is 0 Å². The minimum absolute atomic E-state index is 0.0143. The second-order valence-corrected chi connectivity index (χ2v) is 3.01. The molecule has 0 unspecified atom stereocenters. The van der Waals surface area contributed by atoms with Crippen molar-refractivity contribution in [3.05, 3.63) is 47.5 Å². The van der Waals surface area contributed by atoms with E-state index in [9.17, 15) is 4.79 Å². The lowest BCUT2D eigenvalue weighted by atomic mass is 10.0. The fraction of sp³-hybridized carbons (Fsp3) is 0.250. The summed E-state index contributed by atoms with van der Waals surface area (Å²) in [5, 5.41) is 8.59. The van der Waals surface area contributed by atoms with E-state index in [2.05, 4.69) is 4.74 Å². The first-order valence-corrected chi connectivity index (χ1v) is 4.71. The van der Waals surface area contributed by atoms with Crippen LogP contribution >= 0.6 is 0 Å². The molecule has 0 heterocycles. The molecule has 0 bridgehead atoms. The van der Waals surface area contributed by atoms with Crippen molar-refractivity contribution < 1.29 is 14.6 Å². The molecule has 0 saturated heterocycles. The number of esters is 1. The molecule has 3 heteroatoms. The highest BCUT2D eigenvalue weighted by Crippen LogP contribution is 2.11. The number of ether oxygens (including phenoxy) is 1. The van der Waals surface area contributed by atoms with Crippen LogP contribution in [0, 0.1) is 0 Å². The first kappa shape index (κ1) is 11.5. The van der Waals surface area contributed by atoms with Gasteiger partial charge in [-0.1, -0.05) is 30.4 Å². The summed E-state index contributed by atoms with van der Waals surface area (Å²) in [6.45, 7) is 0.0143. The number of rotatable bonds is 4. The quantitative estimate of drug-likeness (QED) is 0.600. The lowest BCUT2D eigenvalue weighted by Gasteiger charge is -2.04. The van der Waals surface area contributed by atoms with Gasteiger partial charge in [0.2, 0.25) is 0 Å². The molecule has 0 saturated carbocycles. The Morgan fingerprint density at radius 2 is 2.13 bits per heavy atom. The summed E-state index contributed by atoms with van der Waals surface area (Å²) < 4.78 is 4.67. The third-order valence-electron chi connectivity index (χ3n) is 2.03. The van der Waals surface area contributed by atoms with Gasteiger partial charge in [0.25, 0.3) is 0 Å². The second kappa shape index (κ2) is 5.98. The number of aliphatic hydroxyl groups excluding tert-OH is 1. The van der Waals surface area contributed by atoms with Crippen molar-refractivity contribution in [1.29, 1.82) is 0 Å². The van der Waals surface area contributed by atoms with E-state index in [1.54, 1.807) is 18.2 Å². The summed E-state index contributed by atoms with van der Waals surface area (Å²) in [6, 6.07) is 7.27. The van der Waals surface area contributed by atoms with E-state index in [-0.39, 0.29) is 12.6 Å². The Kier molecular flexibility index (Phi) is 4.57. The summed E-state index contributed by atoms with van der Waals surface area (Å²) in [5.41, 5.74) is 1.47. The first-order chi connectivity index (χ1) is 7.29. The van der Waals surface area contributed by atoms with Crippen molar-refractivity contribution >= 4 is 5.97 Å². The van der Waals surface area contributed by atoms with Crippen molar-refractivity contribution in [3.8, 4) is 0 Å². The molecule has 3 nitrogen and oxygen atoms in total. The normalized spacial score (nSPS) is 10.5. The van der Waals surface area contributed by atoms with Crippen LogP contribution in [0.5, 0.6) is 0 Å². The topological polar surface area (TPSA) is 46.5 Å². The van der Waals surface area contributed by atoms with Crippen molar-refractivity contribution in [2.24, 2.45) is 0 Å². The molecular formula is C12H14O3. The number of hydrogen-bond donors (Lipinski definition) is 1. The van der Waals surface area contributed by atoms with Crippen LogP contribution in [0.2, 0.25) is 0 Å². The lowest BCUT2D eigenvalue weighted by molar-refractivity contribution is 0.0599. The number of carbonyl (C=O) groups excluding carboxylic acids is 1. The Morgan fingerprint density at radius 1 is 1.40 bits per heavy atom. The van der Waals surface area contributed by atoms with Gasteiger partial charge in [-0.15, -0.1) is 0 Å². The van der Waals surface area contributed by atoms with Crippen molar-refractivity contribution in [2.45, 2.75) is 6.42 Å². The Labute approximate surface area is 89.0 Å². The summed E-state index contributed by atoms with van der Waals surface area (Å²) in [4.78, 5) is 11.4. The van der Waals surface area contributed by atoms with Gasteiger partial charge < -0.3 is 9.84 Å². The summed E-state index contributed by atoms with van der Waals surface area (Å²) >= 11 is 0. The highest BCUT2D eigenvalue weighted by molar-refractivity contribution is 5.91. The van der Waals surface area contributed by atoms with E-state index in [4.69, 9.17) is 5.11 Å². The summed E-state index contributed by atoms with van der Waals surface area (Å²) in [6.07, 6.45) is 4.08. The molecule has 15 heavy (non-hydrogen) atoms. The van der Waals surface area contributed by atoms with Crippen LogP contribution in [-0.2, 0) is 11.2 Å². The second-order valence-electron chi connectivity index (χ2n) is 3.01. The number of hydrogen-bond acceptors (Lipinski definition) is 3. The smallest absolute Gasteiger partial charge is 0.338 e. The van der Waals surface area contributed by atoms with E-state index in [0.29, 0.717) is 12.0 Å². The van der Waals surface area contributed by atoms with Crippen LogP contribution in [0.3, 0.4) is 0 Å². The van der Waals surface area contributed by atoms with Gasteiger partial charge in [-0.2, -0.15) is 0 Å². The van der Waals surface area contributed by atoms with Gasteiger partial charge in [0.05, 0.1) is 19.3 Å². The fourth-order valence-corrected chi connectivity index (χ4v) is 1.29. The zero-order valence-electron chi connectivity index (χ0n) is 8.64. The minimum atomic E-state index is -0.331. The molecule has 1 aromatic rings. The van der Waals surface area contributed by atoms with Gasteiger partial charge in [-0.25, -0.2) is 4.79 Å². The highest BCUT2D eigenvalue weighted by atomic mass is 16.5. The molecule has 0 aromatic heterocycles. The molecule has 80 valence electrons. The maximum Gasteiger partial charge on any atom is 0.338 e. The summed E-state index contributed by atoms with van der Waals surface area (Å²) in [7, 11) is 1.36. The van der Waals surface area contributed by atoms with Crippen molar-refractivity contribution in [3.63, 3.8) is 0 Å². The first-order valence-electron chi connectivity index (χ1n) is 4.71. The summed E-state index contributed by atoms with van der Waals surface area (Å²) in [5.74, 6) is -0.331. The van der Waals surface area contributed by atoms with Gasteiger partial charge in [-0.05, 0) is 18.1 Å². The fourth-order valence-electron chi connectivity index (χ4n) is 1.29. The van der Waals surface area contributed by atoms with E-state index in [1.807, 2.05) is 18.2 Å². The molecule has 0 radical (unpaired) electrons. The average Bonchev–Trinajstić information content (AvgIpc) is 2.29. The van der Waals surface area contributed by atoms with Crippen LogP contribution in [0.4, 0.5) is 0 Å². The number of benzene rings is 1. The van der Waals surface area contributed by atoms with Gasteiger partial charge in [-0.3, -0.25) is 0 Å². The molecule has 0 aliphatic heterocycles. The maximum absolute atomic E-state index is 11.4. The van der Waals surface area contributed by atoms with Gasteiger partial charge in [0.1, 0.15) is 0 Å². The van der Waals surface area contributed by atoms with Crippen LogP contribution in [0.25, 0.3) is 0 Å². The molecule has 1 N–H and O–H groups in total. The predicted octanol–water partition coefficient (Wildman–Crippen LogP) is 1.56. The molecule has 1 aromatic carbocycles. The Morgan fingerprint density at radius 3 is 2.80 bits per heavy atom. The average molecular weight is 206 g/mol.